The number of rotatable bonds is 14. The van der Waals surface area contributed by atoms with Crippen molar-refractivity contribution in [2.24, 2.45) is 0 Å². The van der Waals surface area contributed by atoms with E-state index in [0.717, 1.165) is 0 Å². The standard InChI is InChI=1S/C15F30/c16-1(17)3(20,21)5(24,25)7(28,29)9(32,33)11(36,37)13(40,41)15(44,45)14(42,43)12(38,39)10(34,35)8(30,31)6(26,27)4(22,23)2(18)19. The Labute approximate surface area is 223 Å². The van der Waals surface area contributed by atoms with Gasteiger partial charge in [-0.15, -0.1) is 0 Å². The fourth-order valence-corrected chi connectivity index (χ4v) is 2.41. The molecule has 0 nitrogen and oxygen atoms in total. The second-order valence-electron chi connectivity index (χ2n) is 7.99. The zero-order valence-corrected chi connectivity index (χ0v) is 18.8. The molecular weight excluding hydrogens is 750 g/mol. The Morgan fingerprint density at radius 1 is 0.178 bits per heavy atom. The van der Waals surface area contributed by atoms with E-state index >= 15 is 0 Å². The third kappa shape index (κ3) is 4.80. The second-order valence-corrected chi connectivity index (χ2v) is 7.99. The van der Waals surface area contributed by atoms with Gasteiger partial charge in [-0.05, 0) is 0 Å². The summed E-state index contributed by atoms with van der Waals surface area (Å²) >= 11 is 0. The molecule has 0 heterocycles. The summed E-state index contributed by atoms with van der Waals surface area (Å²) in [6.07, 6.45) is -11.0. The summed E-state index contributed by atoms with van der Waals surface area (Å²) in [6.45, 7) is 0. The van der Waals surface area contributed by atoms with Crippen LogP contribution in [0.25, 0.3) is 0 Å². The maximum Gasteiger partial charge on any atom is 0.385 e. The minimum atomic E-state index is -9.96. The summed E-state index contributed by atoms with van der Waals surface area (Å²) in [5, 5.41) is 0. The molecule has 0 aliphatic rings. The molecule has 0 N–H and O–H groups in total. The lowest BCUT2D eigenvalue weighted by Crippen LogP contribution is -2.79. The molecule has 0 saturated heterocycles. The van der Waals surface area contributed by atoms with Gasteiger partial charge in [-0.25, -0.2) is 0 Å². The largest absolute Gasteiger partial charge is 0.385 e. The van der Waals surface area contributed by atoms with E-state index in [4.69, 9.17) is 0 Å². The monoisotopic (exact) mass is 750 g/mol. The number of hydrogen-bond donors (Lipinski definition) is 0. The minimum Gasteiger partial charge on any atom is -0.192 e. The van der Waals surface area contributed by atoms with Gasteiger partial charge >= 0.3 is 89.8 Å². The number of alkyl halides is 26. The molecule has 0 spiro atoms. The molecule has 0 aromatic rings. The predicted molar refractivity (Wildman–Crippen MR) is 75.2 cm³/mol. The first-order chi connectivity index (χ1) is 18.9. The van der Waals surface area contributed by atoms with Crippen LogP contribution in [0.5, 0.6) is 0 Å². The average molecular weight is 750 g/mol. The summed E-state index contributed by atoms with van der Waals surface area (Å²) in [7, 11) is 0. The van der Waals surface area contributed by atoms with E-state index in [0.29, 0.717) is 0 Å². The Morgan fingerprint density at radius 2 is 0.267 bits per heavy atom. The highest BCUT2D eigenvalue weighted by Gasteiger charge is 3.00. The van der Waals surface area contributed by atoms with E-state index in [1.807, 2.05) is 0 Å². The summed E-state index contributed by atoms with van der Waals surface area (Å²) in [4.78, 5) is 0. The van der Waals surface area contributed by atoms with Gasteiger partial charge in [-0.1, -0.05) is 0 Å². The second kappa shape index (κ2) is 10.4. The molecule has 0 saturated carbocycles. The molecule has 0 aromatic carbocycles. The van der Waals surface area contributed by atoms with Crippen molar-refractivity contribution < 1.29 is 132 Å². The van der Waals surface area contributed by atoms with Gasteiger partial charge in [0.2, 0.25) is 0 Å². The van der Waals surface area contributed by atoms with Crippen LogP contribution in [0.15, 0.2) is 0 Å². The van der Waals surface area contributed by atoms with Gasteiger partial charge in [0.15, 0.2) is 0 Å². The highest BCUT2D eigenvalue weighted by atomic mass is 19.4. The van der Waals surface area contributed by atoms with Crippen LogP contribution in [-0.4, -0.2) is 77.0 Å². The lowest BCUT2D eigenvalue weighted by atomic mass is 9.83. The quantitative estimate of drug-likeness (QED) is 0.155. The van der Waals surface area contributed by atoms with Gasteiger partial charge < -0.3 is 0 Å². The molecular formula is C15F30. The molecule has 0 fully saturated rings. The van der Waals surface area contributed by atoms with Crippen molar-refractivity contribution >= 4 is 0 Å². The van der Waals surface area contributed by atoms with Crippen LogP contribution in [0.1, 0.15) is 0 Å². The van der Waals surface area contributed by atoms with Gasteiger partial charge in [0, 0.05) is 0 Å². The van der Waals surface area contributed by atoms with Gasteiger partial charge in [0.1, 0.15) is 0 Å². The van der Waals surface area contributed by atoms with Crippen LogP contribution in [0.3, 0.4) is 0 Å². The Morgan fingerprint density at radius 3 is 0.356 bits per heavy atom. The molecule has 0 aliphatic heterocycles. The van der Waals surface area contributed by atoms with Gasteiger partial charge in [-0.2, -0.15) is 132 Å². The van der Waals surface area contributed by atoms with Crippen molar-refractivity contribution in [1.29, 1.82) is 0 Å². The van der Waals surface area contributed by atoms with Crippen molar-refractivity contribution in [2.75, 3.05) is 0 Å². The van der Waals surface area contributed by atoms with Gasteiger partial charge in [0.05, 0.1) is 0 Å². The van der Waals surface area contributed by atoms with Crippen molar-refractivity contribution in [3.63, 3.8) is 0 Å². The zero-order chi connectivity index (χ0) is 37.7. The van der Waals surface area contributed by atoms with E-state index in [1.165, 1.54) is 0 Å². The third-order valence-corrected chi connectivity index (χ3v) is 5.21. The lowest BCUT2D eigenvalue weighted by molar-refractivity contribution is -0.482. The highest BCUT2D eigenvalue weighted by molar-refractivity contribution is 5.21. The topological polar surface area (TPSA) is 0 Å². The SMILES string of the molecule is F[C](F)C(F)(F)C(F)(F)C(F)(F)C(F)(F)C(F)(F)C(F)(F)C(F)(F)C(F)(F)C(F)(F)C(F)(F)C(F)(F)C(F)(F)C(F)(F)[C](F)F. The van der Waals surface area contributed by atoms with Crippen molar-refractivity contribution in [1.82, 2.24) is 0 Å². The van der Waals surface area contributed by atoms with Crippen molar-refractivity contribution in [3.05, 3.63) is 12.9 Å². The molecule has 0 amide bonds. The van der Waals surface area contributed by atoms with Gasteiger partial charge in [-0.3, -0.25) is 0 Å². The Kier molecular flexibility index (Phi) is 9.96. The lowest BCUT2D eigenvalue weighted by Gasteiger charge is -2.46. The van der Waals surface area contributed by atoms with Crippen LogP contribution < -0.4 is 0 Å². The van der Waals surface area contributed by atoms with E-state index < -0.39 is 89.8 Å². The number of halogens is 30. The molecule has 45 heavy (non-hydrogen) atoms. The number of hydrogen-bond acceptors (Lipinski definition) is 0. The summed E-state index contributed by atoms with van der Waals surface area (Å²) in [5.74, 6) is -122. The van der Waals surface area contributed by atoms with Crippen LogP contribution in [0, 0.1) is 12.9 Å². The predicted octanol–water partition coefficient (Wildman–Crippen LogP) is 10.1. The first-order valence-corrected chi connectivity index (χ1v) is 9.17. The minimum absolute atomic E-state index is 5.50. The molecule has 0 rings (SSSR count). The van der Waals surface area contributed by atoms with Crippen LogP contribution in [0.4, 0.5) is 132 Å². The van der Waals surface area contributed by atoms with Crippen molar-refractivity contribution in [3.8, 4) is 0 Å². The maximum atomic E-state index is 13.6. The molecule has 0 aliphatic carbocycles. The molecule has 0 bridgehead atoms. The fraction of sp³-hybridized carbons (Fsp3) is 0.867. The van der Waals surface area contributed by atoms with Crippen LogP contribution in [0.2, 0.25) is 0 Å². The Balaban J connectivity index is 7.52. The van der Waals surface area contributed by atoms with E-state index in [2.05, 4.69) is 0 Å². The Bertz CT molecular complexity index is 977. The Hall–Kier alpha value is -2.10. The zero-order valence-electron chi connectivity index (χ0n) is 18.8. The van der Waals surface area contributed by atoms with Crippen molar-refractivity contribution in [2.45, 2.75) is 77.0 Å². The molecule has 2 radical (unpaired) electrons. The van der Waals surface area contributed by atoms with Crippen LogP contribution in [-0.2, 0) is 0 Å². The average Bonchev–Trinajstić information content (AvgIpc) is 2.81. The highest BCUT2D eigenvalue weighted by Crippen LogP contribution is 2.69. The summed E-state index contributed by atoms with van der Waals surface area (Å²) in [6, 6.07) is 0. The molecule has 30 heteroatoms. The molecule has 0 unspecified atom stereocenters. The van der Waals surface area contributed by atoms with Crippen LogP contribution >= 0.6 is 0 Å². The van der Waals surface area contributed by atoms with Gasteiger partial charge in [0.25, 0.3) is 0 Å². The summed E-state index contributed by atoms with van der Waals surface area (Å²) in [5.41, 5.74) is 0. The van der Waals surface area contributed by atoms with E-state index in [9.17, 15) is 132 Å². The van der Waals surface area contributed by atoms with E-state index in [1.54, 1.807) is 0 Å². The molecule has 270 valence electrons. The maximum absolute atomic E-state index is 13.6. The molecule has 0 atom stereocenters. The molecule has 0 aromatic heterocycles. The first-order valence-electron chi connectivity index (χ1n) is 9.17. The van der Waals surface area contributed by atoms with E-state index in [-0.39, 0.29) is 0 Å². The first kappa shape index (κ1) is 42.9. The third-order valence-electron chi connectivity index (χ3n) is 5.21. The summed E-state index contributed by atoms with van der Waals surface area (Å²) < 4.78 is 392. The normalized spacial score (nSPS) is 17.1. The smallest absolute Gasteiger partial charge is 0.192 e. The fourth-order valence-electron chi connectivity index (χ4n) is 2.41.